The number of likely N-dealkylation sites (N-methyl/N-ethyl adjacent to an activating group) is 1. The monoisotopic (exact) mass is 237 g/mol. The number of hydrogen-bond acceptors (Lipinski definition) is 4. The van der Waals surface area contributed by atoms with Crippen molar-refractivity contribution in [1.29, 1.82) is 0 Å². The molecule has 0 radical (unpaired) electrons. The van der Waals surface area contributed by atoms with E-state index in [0.717, 1.165) is 5.56 Å². The first-order valence-electron chi connectivity index (χ1n) is 5.23. The fourth-order valence-corrected chi connectivity index (χ4v) is 1.36. The molecule has 1 unspecified atom stereocenters. The molecule has 1 amide bonds. The summed E-state index contributed by atoms with van der Waals surface area (Å²) < 4.78 is 0. The predicted molar refractivity (Wildman–Crippen MR) is 63.6 cm³/mol. The van der Waals surface area contributed by atoms with E-state index in [1.807, 2.05) is 6.92 Å². The number of carbonyl (C=O) groups excluding carboxylic acids is 1. The van der Waals surface area contributed by atoms with Crippen molar-refractivity contribution in [1.82, 2.24) is 10.6 Å². The second-order valence-corrected chi connectivity index (χ2v) is 3.63. The van der Waals surface area contributed by atoms with Crippen LogP contribution in [0.3, 0.4) is 0 Å². The number of hydrogen-bond donors (Lipinski definition) is 2. The molecule has 92 valence electrons. The largest absolute Gasteiger partial charge is 0.358 e. The second-order valence-electron chi connectivity index (χ2n) is 3.63. The van der Waals surface area contributed by atoms with Gasteiger partial charge in [-0.15, -0.1) is 0 Å². The van der Waals surface area contributed by atoms with Crippen molar-refractivity contribution >= 4 is 11.6 Å². The average Bonchev–Trinajstić information content (AvgIpc) is 2.35. The highest BCUT2D eigenvalue weighted by atomic mass is 16.6. The summed E-state index contributed by atoms with van der Waals surface area (Å²) >= 11 is 0. The zero-order chi connectivity index (χ0) is 12.8. The molecule has 0 aliphatic rings. The summed E-state index contributed by atoms with van der Waals surface area (Å²) in [7, 11) is 1.56. The molecular formula is C11H15N3O3. The van der Waals surface area contributed by atoms with Crippen molar-refractivity contribution in [2.75, 3.05) is 13.6 Å². The van der Waals surface area contributed by atoms with Crippen LogP contribution in [0.2, 0.25) is 0 Å². The number of benzene rings is 1. The fraction of sp³-hybridized carbons (Fsp3) is 0.364. The molecule has 0 aliphatic carbocycles. The molecular weight excluding hydrogens is 222 g/mol. The maximum Gasteiger partial charge on any atom is 0.269 e. The lowest BCUT2D eigenvalue weighted by molar-refractivity contribution is -0.384. The maximum atomic E-state index is 11.0. The van der Waals surface area contributed by atoms with Crippen LogP contribution in [0.15, 0.2) is 24.3 Å². The zero-order valence-corrected chi connectivity index (χ0v) is 9.77. The molecule has 0 saturated heterocycles. The van der Waals surface area contributed by atoms with Crippen molar-refractivity contribution in [2.45, 2.75) is 13.0 Å². The molecule has 2 N–H and O–H groups in total. The van der Waals surface area contributed by atoms with E-state index in [0.29, 0.717) is 0 Å². The van der Waals surface area contributed by atoms with Crippen LogP contribution in [0.4, 0.5) is 5.69 Å². The van der Waals surface area contributed by atoms with Gasteiger partial charge in [0.15, 0.2) is 0 Å². The van der Waals surface area contributed by atoms with E-state index in [1.165, 1.54) is 12.1 Å². The Kier molecular flexibility index (Phi) is 4.59. The Morgan fingerprint density at radius 1 is 1.53 bits per heavy atom. The Morgan fingerprint density at radius 3 is 2.82 bits per heavy atom. The summed E-state index contributed by atoms with van der Waals surface area (Å²) in [6.07, 6.45) is 0. The first kappa shape index (κ1) is 13.1. The van der Waals surface area contributed by atoms with E-state index in [-0.39, 0.29) is 24.2 Å². The minimum atomic E-state index is -0.436. The average molecular weight is 237 g/mol. The molecule has 1 aromatic carbocycles. The maximum absolute atomic E-state index is 11.0. The van der Waals surface area contributed by atoms with Crippen LogP contribution < -0.4 is 10.6 Å². The molecule has 1 atom stereocenters. The van der Waals surface area contributed by atoms with Crippen LogP contribution in [0, 0.1) is 10.1 Å². The minimum absolute atomic E-state index is 0.0519. The second kappa shape index (κ2) is 5.95. The molecule has 17 heavy (non-hydrogen) atoms. The van der Waals surface area contributed by atoms with E-state index < -0.39 is 4.92 Å². The number of nitrogens with zero attached hydrogens (tertiary/aromatic N) is 1. The van der Waals surface area contributed by atoms with Gasteiger partial charge in [0.2, 0.25) is 5.91 Å². The molecule has 0 saturated carbocycles. The van der Waals surface area contributed by atoms with Gasteiger partial charge < -0.3 is 10.6 Å². The number of rotatable bonds is 5. The van der Waals surface area contributed by atoms with Crippen molar-refractivity contribution in [3.05, 3.63) is 39.9 Å². The van der Waals surface area contributed by atoms with Gasteiger partial charge in [-0.1, -0.05) is 12.1 Å². The number of nitro benzene ring substituents is 1. The quantitative estimate of drug-likeness (QED) is 0.591. The van der Waals surface area contributed by atoms with E-state index in [4.69, 9.17) is 0 Å². The molecule has 6 nitrogen and oxygen atoms in total. The molecule has 1 aromatic rings. The van der Waals surface area contributed by atoms with Crippen LogP contribution >= 0.6 is 0 Å². The van der Waals surface area contributed by atoms with Gasteiger partial charge in [0.1, 0.15) is 0 Å². The third kappa shape index (κ3) is 3.84. The molecule has 0 spiro atoms. The van der Waals surface area contributed by atoms with E-state index in [1.54, 1.807) is 19.2 Å². The lowest BCUT2D eigenvalue weighted by atomic mass is 10.1. The Morgan fingerprint density at radius 2 is 2.24 bits per heavy atom. The van der Waals surface area contributed by atoms with E-state index >= 15 is 0 Å². The van der Waals surface area contributed by atoms with Crippen LogP contribution in [-0.4, -0.2) is 24.4 Å². The van der Waals surface area contributed by atoms with Gasteiger partial charge in [-0.2, -0.15) is 0 Å². The van der Waals surface area contributed by atoms with Gasteiger partial charge >= 0.3 is 0 Å². The van der Waals surface area contributed by atoms with Crippen molar-refractivity contribution in [2.24, 2.45) is 0 Å². The Bertz CT molecular complexity index is 420. The first-order chi connectivity index (χ1) is 8.04. The molecule has 0 bridgehead atoms. The van der Waals surface area contributed by atoms with Gasteiger partial charge in [-0.05, 0) is 12.5 Å². The number of nitro groups is 1. The Hall–Kier alpha value is -1.95. The molecule has 0 fully saturated rings. The standard InChI is InChI=1S/C11H15N3O3/c1-8(13-7-11(15)12-2)9-4-3-5-10(6-9)14(16)17/h3-6,8,13H,7H2,1-2H3,(H,12,15). The number of nitrogens with one attached hydrogen (secondary N) is 2. The summed E-state index contributed by atoms with van der Waals surface area (Å²) in [5.74, 6) is -0.123. The molecule has 0 aliphatic heterocycles. The van der Waals surface area contributed by atoms with E-state index in [2.05, 4.69) is 10.6 Å². The van der Waals surface area contributed by atoms with Gasteiger partial charge in [-0.25, -0.2) is 0 Å². The lowest BCUT2D eigenvalue weighted by Gasteiger charge is -2.13. The van der Waals surface area contributed by atoms with Crippen molar-refractivity contribution in [3.63, 3.8) is 0 Å². The van der Waals surface area contributed by atoms with Crippen LogP contribution in [0.25, 0.3) is 0 Å². The lowest BCUT2D eigenvalue weighted by Crippen LogP contribution is -2.32. The summed E-state index contributed by atoms with van der Waals surface area (Å²) in [6.45, 7) is 2.03. The van der Waals surface area contributed by atoms with Gasteiger partial charge in [0, 0.05) is 25.2 Å². The van der Waals surface area contributed by atoms with E-state index in [9.17, 15) is 14.9 Å². The topological polar surface area (TPSA) is 84.3 Å². The third-order valence-corrected chi connectivity index (χ3v) is 2.43. The molecule has 1 rings (SSSR count). The van der Waals surface area contributed by atoms with Gasteiger partial charge in [-0.3, -0.25) is 14.9 Å². The molecule has 0 aromatic heterocycles. The highest BCUT2D eigenvalue weighted by Gasteiger charge is 2.11. The van der Waals surface area contributed by atoms with Crippen molar-refractivity contribution < 1.29 is 9.72 Å². The SMILES string of the molecule is CNC(=O)CNC(C)c1cccc([N+](=O)[O-])c1. The minimum Gasteiger partial charge on any atom is -0.358 e. The summed E-state index contributed by atoms with van der Waals surface area (Å²) in [4.78, 5) is 21.2. The normalized spacial score (nSPS) is 11.9. The summed E-state index contributed by atoms with van der Waals surface area (Å²) in [5.41, 5.74) is 0.833. The number of carbonyl (C=O) groups is 1. The Labute approximate surface area is 99.2 Å². The Balaban J connectivity index is 2.68. The van der Waals surface area contributed by atoms with Crippen molar-refractivity contribution in [3.8, 4) is 0 Å². The van der Waals surface area contributed by atoms with Gasteiger partial charge in [0.05, 0.1) is 11.5 Å². The number of amides is 1. The predicted octanol–water partition coefficient (Wildman–Crippen LogP) is 0.991. The number of non-ortho nitro benzene ring substituents is 1. The summed E-state index contributed by atoms with van der Waals surface area (Å²) in [5, 5.41) is 16.1. The fourth-order valence-electron chi connectivity index (χ4n) is 1.36. The molecule has 0 heterocycles. The van der Waals surface area contributed by atoms with Crippen LogP contribution in [-0.2, 0) is 4.79 Å². The zero-order valence-electron chi connectivity index (χ0n) is 9.77. The van der Waals surface area contributed by atoms with Gasteiger partial charge in [0.25, 0.3) is 5.69 Å². The third-order valence-electron chi connectivity index (χ3n) is 2.43. The molecule has 6 heteroatoms. The highest BCUT2D eigenvalue weighted by molar-refractivity contribution is 5.77. The smallest absolute Gasteiger partial charge is 0.269 e. The van der Waals surface area contributed by atoms with Crippen LogP contribution in [0.5, 0.6) is 0 Å². The summed E-state index contributed by atoms with van der Waals surface area (Å²) in [6, 6.07) is 6.24. The first-order valence-corrected chi connectivity index (χ1v) is 5.23. The highest BCUT2D eigenvalue weighted by Crippen LogP contribution is 2.18. The van der Waals surface area contributed by atoms with Crippen LogP contribution in [0.1, 0.15) is 18.5 Å².